The highest BCUT2D eigenvalue weighted by Gasteiger charge is 2.16. The van der Waals surface area contributed by atoms with E-state index in [2.05, 4.69) is 5.10 Å². The number of rotatable bonds is 1. The molecule has 1 heterocycles. The highest BCUT2D eigenvalue weighted by atomic mass is 32.2. The van der Waals surface area contributed by atoms with Crippen LogP contribution in [0.5, 0.6) is 0 Å². The van der Waals surface area contributed by atoms with Crippen LogP contribution in [-0.4, -0.2) is 20.6 Å². The highest BCUT2D eigenvalue weighted by Crippen LogP contribution is 2.12. The zero-order chi connectivity index (χ0) is 11.9. The van der Waals surface area contributed by atoms with E-state index in [-0.39, 0.29) is 10.5 Å². The number of benzene rings is 1. The van der Waals surface area contributed by atoms with Gasteiger partial charge in [-0.2, -0.15) is 0 Å². The van der Waals surface area contributed by atoms with Crippen molar-refractivity contribution in [2.24, 2.45) is 7.05 Å². The van der Waals surface area contributed by atoms with Crippen molar-refractivity contribution >= 4 is 22.1 Å². The van der Waals surface area contributed by atoms with Crippen LogP contribution >= 0.6 is 0 Å². The van der Waals surface area contributed by atoms with E-state index >= 15 is 0 Å². The Bertz CT molecular complexity index is 605. The van der Waals surface area contributed by atoms with E-state index in [4.69, 9.17) is 0 Å². The lowest BCUT2D eigenvalue weighted by atomic mass is 10.1. The lowest BCUT2D eigenvalue weighted by molar-refractivity contribution is 0.588. The maximum Gasteiger partial charge on any atom is 0.309 e. The van der Waals surface area contributed by atoms with Gasteiger partial charge in [0.1, 0.15) is 6.26 Å². The summed E-state index contributed by atoms with van der Waals surface area (Å²) in [6, 6.07) is 5.57. The Balaban J connectivity index is 2.92. The van der Waals surface area contributed by atoms with Gasteiger partial charge in [-0.1, -0.05) is 11.6 Å². The number of hydrogen-bond donors (Lipinski definition) is 0. The van der Waals surface area contributed by atoms with Crippen LogP contribution in [-0.2, 0) is 18.2 Å². The lowest BCUT2D eigenvalue weighted by Crippen LogP contribution is -2.21. The Labute approximate surface area is 96.1 Å². The van der Waals surface area contributed by atoms with Crippen LogP contribution in [0.25, 0.3) is 10.9 Å². The van der Waals surface area contributed by atoms with E-state index in [9.17, 15) is 9.35 Å². The van der Waals surface area contributed by atoms with Gasteiger partial charge in [0.15, 0.2) is 0 Å². The van der Waals surface area contributed by atoms with E-state index in [1.807, 2.05) is 19.1 Å². The van der Waals surface area contributed by atoms with Crippen LogP contribution in [0.15, 0.2) is 28.0 Å². The van der Waals surface area contributed by atoms with Crippen molar-refractivity contribution in [2.45, 2.75) is 11.9 Å². The summed E-state index contributed by atoms with van der Waals surface area (Å²) in [4.78, 5) is 12.0. The summed E-state index contributed by atoms with van der Waals surface area (Å²) in [5.41, 5.74) is 1.52. The molecule has 0 amide bonds. The molecule has 0 bridgehead atoms. The predicted molar refractivity (Wildman–Crippen MR) is 64.1 cm³/mol. The van der Waals surface area contributed by atoms with Gasteiger partial charge in [0.25, 0.3) is 5.43 Å². The highest BCUT2D eigenvalue weighted by molar-refractivity contribution is 7.90. The van der Waals surface area contributed by atoms with Crippen LogP contribution in [0.1, 0.15) is 5.56 Å². The molecule has 1 unspecified atom stereocenters. The maximum absolute atomic E-state index is 12.0. The molecule has 1 aromatic heterocycles. The van der Waals surface area contributed by atoms with E-state index < -0.39 is 11.2 Å². The number of hydrogen-bond acceptors (Lipinski definition) is 3. The number of nitrogens with zero attached hydrogens (tertiary/aromatic N) is 2. The largest absolute Gasteiger partial charge is 0.610 e. The second-order valence-electron chi connectivity index (χ2n) is 3.73. The second-order valence-corrected chi connectivity index (χ2v) is 5.03. The molecule has 84 valence electrons. The Hall–Kier alpha value is -1.33. The zero-order valence-electron chi connectivity index (χ0n) is 9.35. The van der Waals surface area contributed by atoms with Gasteiger partial charge in [0, 0.05) is 18.2 Å². The van der Waals surface area contributed by atoms with Crippen molar-refractivity contribution in [3.8, 4) is 0 Å². The molecular formula is C11H12N2O2S. The Kier molecular flexibility index (Phi) is 2.73. The predicted octanol–water partition coefficient (Wildman–Crippen LogP) is 0.979. The third-order valence-corrected chi connectivity index (χ3v) is 3.26. The van der Waals surface area contributed by atoms with Gasteiger partial charge >= 0.3 is 5.03 Å². The summed E-state index contributed by atoms with van der Waals surface area (Å²) in [7, 11) is 1.74. The topological polar surface area (TPSA) is 57.9 Å². The van der Waals surface area contributed by atoms with Crippen molar-refractivity contribution in [3.63, 3.8) is 0 Å². The Morgan fingerprint density at radius 3 is 2.75 bits per heavy atom. The monoisotopic (exact) mass is 236 g/mol. The molecule has 0 N–H and O–H groups in total. The van der Waals surface area contributed by atoms with Crippen molar-refractivity contribution in [3.05, 3.63) is 34.0 Å². The zero-order valence-corrected chi connectivity index (χ0v) is 10.2. The molecule has 0 aliphatic carbocycles. The van der Waals surface area contributed by atoms with Crippen molar-refractivity contribution in [1.82, 2.24) is 9.78 Å². The van der Waals surface area contributed by atoms with Crippen molar-refractivity contribution < 1.29 is 4.55 Å². The smallest absolute Gasteiger partial charge is 0.309 e. The first-order chi connectivity index (χ1) is 7.50. The first kappa shape index (κ1) is 11.2. The van der Waals surface area contributed by atoms with Gasteiger partial charge in [0.05, 0.1) is 10.9 Å². The molecule has 1 aromatic carbocycles. The van der Waals surface area contributed by atoms with Crippen LogP contribution in [0.4, 0.5) is 0 Å². The molecule has 5 heteroatoms. The molecule has 2 aromatic rings. The summed E-state index contributed by atoms with van der Waals surface area (Å²) >= 11 is -1.36. The quantitative estimate of drug-likeness (QED) is 0.693. The third kappa shape index (κ3) is 1.72. The molecule has 2 rings (SSSR count). The molecule has 0 spiro atoms. The molecular weight excluding hydrogens is 224 g/mol. The van der Waals surface area contributed by atoms with Gasteiger partial charge in [0.2, 0.25) is 0 Å². The summed E-state index contributed by atoms with van der Waals surface area (Å²) < 4.78 is 13.0. The average Bonchev–Trinajstić information content (AvgIpc) is 2.22. The standard InChI is InChI=1S/C11H12N2O2S/c1-7-4-5-9-8(6-7)10(14)11(16(3)15)12-13(9)2/h4-6H,1-3H3. The van der Waals surface area contributed by atoms with E-state index in [0.717, 1.165) is 11.1 Å². The van der Waals surface area contributed by atoms with E-state index in [1.54, 1.807) is 17.8 Å². The molecule has 1 atom stereocenters. The fourth-order valence-corrected chi connectivity index (χ4v) is 2.26. The average molecular weight is 236 g/mol. The SMILES string of the molecule is Cc1ccc2c(c1)c(=O)c([S+](C)[O-])nn2C. The first-order valence-electron chi connectivity index (χ1n) is 4.82. The minimum atomic E-state index is -1.36. The van der Waals surface area contributed by atoms with Crippen molar-refractivity contribution in [2.75, 3.05) is 6.26 Å². The van der Waals surface area contributed by atoms with Gasteiger partial charge < -0.3 is 4.55 Å². The first-order valence-corrected chi connectivity index (χ1v) is 6.37. The molecule has 0 saturated carbocycles. The molecule has 0 aliphatic rings. The molecule has 0 saturated heterocycles. The number of fused-ring (bicyclic) bond motifs is 1. The Morgan fingerprint density at radius 1 is 1.44 bits per heavy atom. The van der Waals surface area contributed by atoms with Gasteiger partial charge in [-0.25, -0.2) is 0 Å². The van der Waals surface area contributed by atoms with Gasteiger partial charge in [-0.05, 0) is 19.1 Å². The summed E-state index contributed by atoms with van der Waals surface area (Å²) in [6.45, 7) is 1.92. The number of aryl methyl sites for hydroxylation is 2. The Morgan fingerprint density at radius 2 is 2.12 bits per heavy atom. The minimum Gasteiger partial charge on any atom is -0.610 e. The second kappa shape index (κ2) is 3.92. The van der Waals surface area contributed by atoms with Crippen LogP contribution in [0.2, 0.25) is 0 Å². The molecule has 0 radical (unpaired) electrons. The lowest BCUT2D eigenvalue weighted by Gasteiger charge is -2.08. The molecule has 0 aliphatic heterocycles. The third-order valence-electron chi connectivity index (χ3n) is 2.45. The van der Waals surface area contributed by atoms with Gasteiger partial charge in [-0.3, -0.25) is 9.48 Å². The molecule has 16 heavy (non-hydrogen) atoms. The van der Waals surface area contributed by atoms with Gasteiger partial charge in [-0.15, -0.1) is 5.10 Å². The normalized spacial score (nSPS) is 13.0. The fourth-order valence-electron chi connectivity index (χ4n) is 1.65. The maximum atomic E-state index is 12.0. The van der Waals surface area contributed by atoms with Crippen LogP contribution in [0, 0.1) is 6.92 Å². The fraction of sp³-hybridized carbons (Fsp3) is 0.273. The summed E-state index contributed by atoms with van der Waals surface area (Å²) in [5, 5.41) is 4.72. The minimum absolute atomic E-state index is 0.112. The van der Waals surface area contributed by atoms with Crippen LogP contribution < -0.4 is 5.43 Å². The number of aromatic nitrogens is 2. The van der Waals surface area contributed by atoms with E-state index in [0.29, 0.717) is 5.39 Å². The van der Waals surface area contributed by atoms with E-state index in [1.165, 1.54) is 6.26 Å². The van der Waals surface area contributed by atoms with Crippen molar-refractivity contribution in [1.29, 1.82) is 0 Å². The molecule has 0 fully saturated rings. The summed E-state index contributed by atoms with van der Waals surface area (Å²) in [6.07, 6.45) is 1.46. The molecule has 4 nitrogen and oxygen atoms in total. The summed E-state index contributed by atoms with van der Waals surface area (Å²) in [5.74, 6) is 0. The van der Waals surface area contributed by atoms with Crippen LogP contribution in [0.3, 0.4) is 0 Å².